The average molecular weight is 334 g/mol. The summed E-state index contributed by atoms with van der Waals surface area (Å²) in [5.74, 6) is -0.399. The molecule has 120 valence electrons. The van der Waals surface area contributed by atoms with Crippen LogP contribution in [-0.2, 0) is 4.79 Å². The van der Waals surface area contributed by atoms with E-state index in [0.29, 0.717) is 10.6 Å². The lowest BCUT2D eigenvalue weighted by Gasteiger charge is -2.12. The van der Waals surface area contributed by atoms with E-state index < -0.39 is 6.10 Å². The summed E-state index contributed by atoms with van der Waals surface area (Å²) in [5, 5.41) is 13.5. The highest BCUT2D eigenvalue weighted by atomic mass is 35.5. The highest BCUT2D eigenvalue weighted by Gasteiger charge is 2.44. The van der Waals surface area contributed by atoms with Crippen LogP contribution in [0.15, 0.2) is 48.5 Å². The van der Waals surface area contributed by atoms with Gasteiger partial charge in [-0.1, -0.05) is 41.9 Å². The minimum atomic E-state index is -0.850. The Balaban J connectivity index is 1.53. The second-order valence-corrected chi connectivity index (χ2v) is 6.19. The Morgan fingerprint density at radius 1 is 1.26 bits per heavy atom. The third-order valence-corrected chi connectivity index (χ3v) is 4.50. The minimum absolute atomic E-state index is 0.0870. The van der Waals surface area contributed by atoms with E-state index in [1.54, 1.807) is 0 Å². The molecule has 3 unspecified atom stereocenters. The monoisotopic (exact) mass is 333 g/mol. The van der Waals surface area contributed by atoms with Crippen LogP contribution in [0.2, 0.25) is 5.02 Å². The topological polar surface area (TPSA) is 49.3 Å². The molecule has 0 radical (unpaired) electrons. The average Bonchev–Trinajstić information content (AvgIpc) is 3.34. The first-order valence-corrected chi connectivity index (χ1v) is 7.89. The number of hydrogen-bond donors (Lipinski definition) is 2. The quantitative estimate of drug-likeness (QED) is 0.880. The molecule has 5 heteroatoms. The molecule has 0 spiro atoms. The summed E-state index contributed by atoms with van der Waals surface area (Å²) < 4.78 is 12.9. The number of rotatable bonds is 5. The zero-order valence-electron chi connectivity index (χ0n) is 12.4. The second-order valence-electron chi connectivity index (χ2n) is 5.78. The number of carbonyl (C=O) groups is 1. The molecule has 0 aliphatic heterocycles. The predicted molar refractivity (Wildman–Crippen MR) is 86.7 cm³/mol. The molecule has 0 aromatic heterocycles. The van der Waals surface area contributed by atoms with Crippen molar-refractivity contribution in [2.75, 3.05) is 6.54 Å². The molecule has 3 atom stereocenters. The molecule has 1 fully saturated rings. The summed E-state index contributed by atoms with van der Waals surface area (Å²) in [4.78, 5) is 12.2. The van der Waals surface area contributed by atoms with Gasteiger partial charge in [-0.2, -0.15) is 0 Å². The predicted octanol–water partition coefficient (Wildman–Crippen LogP) is 3.43. The van der Waals surface area contributed by atoms with E-state index in [1.807, 2.05) is 24.3 Å². The van der Waals surface area contributed by atoms with Gasteiger partial charge in [-0.25, -0.2) is 4.39 Å². The van der Waals surface area contributed by atoms with E-state index >= 15 is 0 Å². The largest absolute Gasteiger partial charge is 0.387 e. The molecule has 2 aromatic carbocycles. The van der Waals surface area contributed by atoms with Crippen LogP contribution in [0.25, 0.3) is 0 Å². The van der Waals surface area contributed by atoms with Crippen LogP contribution in [0.3, 0.4) is 0 Å². The Hall–Kier alpha value is -1.91. The third-order valence-electron chi connectivity index (χ3n) is 4.16. The van der Waals surface area contributed by atoms with Crippen LogP contribution in [-0.4, -0.2) is 17.6 Å². The van der Waals surface area contributed by atoms with Gasteiger partial charge in [0.25, 0.3) is 0 Å². The van der Waals surface area contributed by atoms with Crippen molar-refractivity contribution >= 4 is 17.5 Å². The number of aliphatic hydroxyl groups is 1. The fourth-order valence-electron chi connectivity index (χ4n) is 2.74. The van der Waals surface area contributed by atoms with E-state index in [1.165, 1.54) is 24.3 Å². The molecule has 1 saturated carbocycles. The Kier molecular flexibility index (Phi) is 4.64. The molecule has 3 rings (SSSR count). The summed E-state index contributed by atoms with van der Waals surface area (Å²) >= 11 is 6.15. The summed E-state index contributed by atoms with van der Waals surface area (Å²) in [5.41, 5.74) is 1.57. The zero-order valence-corrected chi connectivity index (χ0v) is 13.1. The van der Waals surface area contributed by atoms with Gasteiger partial charge >= 0.3 is 0 Å². The number of nitrogens with one attached hydrogen (secondary N) is 1. The normalized spacial score (nSPS) is 20.8. The summed E-state index contributed by atoms with van der Waals surface area (Å²) in [6.45, 7) is 0.107. The third kappa shape index (κ3) is 3.71. The van der Waals surface area contributed by atoms with E-state index in [0.717, 1.165) is 12.0 Å². The molecule has 3 nitrogen and oxygen atoms in total. The summed E-state index contributed by atoms with van der Waals surface area (Å²) in [6.07, 6.45) is -0.0839. The van der Waals surface area contributed by atoms with Crippen LogP contribution < -0.4 is 5.32 Å². The Bertz CT molecular complexity index is 704. The molecule has 0 heterocycles. The lowest BCUT2D eigenvalue weighted by molar-refractivity contribution is -0.122. The molecule has 1 amide bonds. The van der Waals surface area contributed by atoms with Crippen molar-refractivity contribution in [2.24, 2.45) is 5.92 Å². The number of halogens is 2. The second kappa shape index (κ2) is 6.69. The van der Waals surface area contributed by atoms with Crippen LogP contribution >= 0.6 is 11.6 Å². The molecule has 2 aromatic rings. The summed E-state index contributed by atoms with van der Waals surface area (Å²) in [6, 6.07) is 13.1. The van der Waals surface area contributed by atoms with E-state index in [-0.39, 0.29) is 30.1 Å². The molecule has 0 bridgehead atoms. The van der Waals surface area contributed by atoms with Crippen LogP contribution in [0.5, 0.6) is 0 Å². The Morgan fingerprint density at radius 2 is 1.96 bits per heavy atom. The first kappa shape index (κ1) is 16.0. The van der Waals surface area contributed by atoms with Crippen molar-refractivity contribution in [1.29, 1.82) is 0 Å². The van der Waals surface area contributed by atoms with Crippen molar-refractivity contribution in [3.8, 4) is 0 Å². The maximum absolute atomic E-state index is 12.9. The van der Waals surface area contributed by atoms with Crippen molar-refractivity contribution in [2.45, 2.75) is 18.4 Å². The van der Waals surface area contributed by atoms with Gasteiger partial charge in [-0.3, -0.25) is 4.79 Å². The van der Waals surface area contributed by atoms with E-state index in [2.05, 4.69) is 5.32 Å². The maximum atomic E-state index is 12.9. The van der Waals surface area contributed by atoms with Crippen molar-refractivity contribution in [3.63, 3.8) is 0 Å². The van der Waals surface area contributed by atoms with Crippen LogP contribution in [0.1, 0.15) is 29.6 Å². The molecular weight excluding hydrogens is 317 g/mol. The number of hydrogen-bond acceptors (Lipinski definition) is 2. The zero-order chi connectivity index (χ0) is 16.4. The first-order chi connectivity index (χ1) is 11.1. The van der Waals surface area contributed by atoms with Gasteiger partial charge in [-0.05, 0) is 41.7 Å². The van der Waals surface area contributed by atoms with E-state index in [9.17, 15) is 14.3 Å². The molecule has 1 aliphatic rings. The number of amides is 1. The fourth-order valence-corrected chi connectivity index (χ4v) is 3.01. The van der Waals surface area contributed by atoms with Crippen molar-refractivity contribution in [3.05, 3.63) is 70.5 Å². The standard InChI is InChI=1S/C18H17ClFNO2/c19-16-4-2-1-3-13(16)14-9-15(14)18(23)21-10-17(22)11-5-7-12(20)8-6-11/h1-8,14-15,17,22H,9-10H2,(H,21,23). The van der Waals surface area contributed by atoms with Crippen LogP contribution in [0, 0.1) is 11.7 Å². The molecule has 0 saturated heterocycles. The Morgan fingerprint density at radius 3 is 2.65 bits per heavy atom. The van der Waals surface area contributed by atoms with E-state index in [4.69, 9.17) is 11.6 Å². The fraction of sp³-hybridized carbons (Fsp3) is 0.278. The molecule has 23 heavy (non-hydrogen) atoms. The highest BCUT2D eigenvalue weighted by Crippen LogP contribution is 2.49. The van der Waals surface area contributed by atoms with Gasteiger partial charge in [-0.15, -0.1) is 0 Å². The number of benzene rings is 2. The van der Waals surface area contributed by atoms with Crippen molar-refractivity contribution < 1.29 is 14.3 Å². The smallest absolute Gasteiger partial charge is 0.223 e. The summed E-state index contributed by atoms with van der Waals surface area (Å²) in [7, 11) is 0. The van der Waals surface area contributed by atoms with Gasteiger partial charge in [0.1, 0.15) is 5.82 Å². The first-order valence-electron chi connectivity index (χ1n) is 7.52. The molecule has 1 aliphatic carbocycles. The molecule has 2 N–H and O–H groups in total. The van der Waals surface area contributed by atoms with Gasteiger partial charge in [0, 0.05) is 17.5 Å². The molecular formula is C18H17ClFNO2. The van der Waals surface area contributed by atoms with Gasteiger partial charge in [0.05, 0.1) is 6.10 Å². The SMILES string of the molecule is O=C(NCC(O)c1ccc(F)cc1)C1CC1c1ccccc1Cl. The van der Waals surface area contributed by atoms with Gasteiger partial charge < -0.3 is 10.4 Å². The van der Waals surface area contributed by atoms with Crippen molar-refractivity contribution in [1.82, 2.24) is 5.32 Å². The highest BCUT2D eigenvalue weighted by molar-refractivity contribution is 6.31. The minimum Gasteiger partial charge on any atom is -0.387 e. The number of carbonyl (C=O) groups excluding carboxylic acids is 1. The van der Waals surface area contributed by atoms with Crippen LogP contribution in [0.4, 0.5) is 4.39 Å². The maximum Gasteiger partial charge on any atom is 0.223 e. The van der Waals surface area contributed by atoms with Gasteiger partial charge in [0.15, 0.2) is 0 Å². The van der Waals surface area contributed by atoms with Gasteiger partial charge in [0.2, 0.25) is 5.91 Å². The Labute approximate surface area is 139 Å². The lowest BCUT2D eigenvalue weighted by Crippen LogP contribution is -2.30. The number of aliphatic hydroxyl groups excluding tert-OH is 1. The lowest BCUT2D eigenvalue weighted by atomic mass is 10.1.